The van der Waals surface area contributed by atoms with Gasteiger partial charge < -0.3 is 26.4 Å². The summed E-state index contributed by atoms with van der Waals surface area (Å²) in [6, 6.07) is 0. The number of ether oxygens (including phenoxy) is 2. The molecule has 0 bridgehead atoms. The lowest BCUT2D eigenvalue weighted by Gasteiger charge is -2.29. The molecule has 0 heterocycles. The molecule has 0 radical (unpaired) electrons. The van der Waals surface area contributed by atoms with Gasteiger partial charge in [-0.05, 0) is 13.8 Å². The van der Waals surface area contributed by atoms with Gasteiger partial charge in [0.05, 0.1) is 27.2 Å². The van der Waals surface area contributed by atoms with Crippen LogP contribution in [0.3, 0.4) is 0 Å². The van der Waals surface area contributed by atoms with Crippen molar-refractivity contribution in [2.75, 3.05) is 40.4 Å². The fourth-order valence-corrected chi connectivity index (χ4v) is 1.40. The van der Waals surface area contributed by atoms with Crippen LogP contribution in [-0.2, 0) is 19.1 Å². The number of carbonyl (C=O) groups is 2. The van der Waals surface area contributed by atoms with Crippen LogP contribution in [0.4, 0.5) is 0 Å². The van der Waals surface area contributed by atoms with Gasteiger partial charge in [0.25, 0.3) is 0 Å². The molecule has 0 amide bonds. The number of halogens is 1. The van der Waals surface area contributed by atoms with Gasteiger partial charge in [0.1, 0.15) is 13.2 Å². The molecule has 6 heteroatoms. The Morgan fingerprint density at radius 1 is 0.905 bits per heavy atom. The van der Waals surface area contributed by atoms with E-state index < -0.39 is 0 Å². The predicted molar refractivity (Wildman–Crippen MR) is 78.0 cm³/mol. The Kier molecular flexibility index (Phi) is 10.9. The number of esters is 2. The van der Waals surface area contributed by atoms with Gasteiger partial charge >= 0.3 is 11.9 Å². The van der Waals surface area contributed by atoms with E-state index >= 15 is 0 Å². The molecule has 0 aliphatic heterocycles. The lowest BCUT2D eigenvalue weighted by Crippen LogP contribution is -3.00. The molecule has 0 N–H and O–H groups in total. The van der Waals surface area contributed by atoms with Crippen molar-refractivity contribution < 1.29 is 36.0 Å². The van der Waals surface area contributed by atoms with E-state index in [0.717, 1.165) is 13.0 Å². The Labute approximate surface area is 133 Å². The SMILES string of the molecule is C=C(C)C(=O)OCCC[N+](C)(C)CCOC(=O)C(=C)C.[Cl-]. The van der Waals surface area contributed by atoms with Crippen molar-refractivity contribution in [2.45, 2.75) is 20.3 Å². The fraction of sp³-hybridized carbons (Fsp3) is 0.600. The van der Waals surface area contributed by atoms with Crippen LogP contribution in [0.1, 0.15) is 20.3 Å². The fourth-order valence-electron chi connectivity index (χ4n) is 1.40. The van der Waals surface area contributed by atoms with E-state index in [1.807, 2.05) is 14.1 Å². The number of likely N-dealkylation sites (N-methyl/N-ethyl adjacent to an activating group) is 1. The minimum atomic E-state index is -0.361. The summed E-state index contributed by atoms with van der Waals surface area (Å²) in [5, 5.41) is 0. The molecule has 0 rings (SSSR count). The molecule has 0 saturated carbocycles. The topological polar surface area (TPSA) is 52.6 Å². The van der Waals surface area contributed by atoms with Gasteiger partial charge in [0.2, 0.25) is 0 Å². The van der Waals surface area contributed by atoms with Gasteiger partial charge in [-0.3, -0.25) is 0 Å². The molecular formula is C15H26ClNO4. The van der Waals surface area contributed by atoms with E-state index in [2.05, 4.69) is 13.2 Å². The second-order valence-electron chi connectivity index (χ2n) is 5.57. The third-order valence-corrected chi connectivity index (χ3v) is 2.77. The number of carbonyl (C=O) groups excluding carboxylic acids is 2. The smallest absolute Gasteiger partial charge is 0.333 e. The lowest BCUT2D eigenvalue weighted by atomic mass is 10.3. The molecule has 0 aliphatic carbocycles. The predicted octanol–water partition coefficient (Wildman–Crippen LogP) is -1.30. The quantitative estimate of drug-likeness (QED) is 0.229. The van der Waals surface area contributed by atoms with E-state index in [9.17, 15) is 9.59 Å². The average molecular weight is 320 g/mol. The number of nitrogens with zero attached hydrogens (tertiary/aromatic N) is 1. The molecule has 0 unspecified atom stereocenters. The molecule has 0 aromatic carbocycles. The van der Waals surface area contributed by atoms with Crippen molar-refractivity contribution in [3.63, 3.8) is 0 Å². The summed E-state index contributed by atoms with van der Waals surface area (Å²) >= 11 is 0. The molecule has 5 nitrogen and oxygen atoms in total. The van der Waals surface area contributed by atoms with Crippen molar-refractivity contribution in [3.05, 3.63) is 24.3 Å². The van der Waals surface area contributed by atoms with Crippen LogP contribution < -0.4 is 12.4 Å². The molecule has 0 fully saturated rings. The highest BCUT2D eigenvalue weighted by Crippen LogP contribution is 2.02. The molecule has 0 aromatic heterocycles. The van der Waals surface area contributed by atoms with E-state index in [-0.39, 0.29) is 24.3 Å². The van der Waals surface area contributed by atoms with Crippen LogP contribution in [0, 0.1) is 0 Å². The summed E-state index contributed by atoms with van der Waals surface area (Å²) in [5.74, 6) is -0.717. The van der Waals surface area contributed by atoms with Gasteiger partial charge in [-0.1, -0.05) is 13.2 Å². The van der Waals surface area contributed by atoms with Crippen LogP contribution in [0.25, 0.3) is 0 Å². The summed E-state index contributed by atoms with van der Waals surface area (Å²) in [7, 11) is 4.07. The van der Waals surface area contributed by atoms with Crippen LogP contribution in [0.5, 0.6) is 0 Å². The van der Waals surface area contributed by atoms with Gasteiger partial charge in [0.15, 0.2) is 0 Å². The van der Waals surface area contributed by atoms with Crippen molar-refractivity contribution in [2.24, 2.45) is 0 Å². The summed E-state index contributed by atoms with van der Waals surface area (Å²) in [6.07, 6.45) is 0.750. The summed E-state index contributed by atoms with van der Waals surface area (Å²) < 4.78 is 10.8. The molecule has 0 saturated heterocycles. The number of quaternary nitrogens is 1. The minimum absolute atomic E-state index is 0. The first kappa shape index (κ1) is 22.0. The van der Waals surface area contributed by atoms with E-state index in [0.29, 0.717) is 35.4 Å². The van der Waals surface area contributed by atoms with Gasteiger partial charge in [0, 0.05) is 17.6 Å². The second-order valence-corrected chi connectivity index (χ2v) is 5.57. The summed E-state index contributed by atoms with van der Waals surface area (Å²) in [4.78, 5) is 22.4. The highest BCUT2D eigenvalue weighted by molar-refractivity contribution is 5.87. The molecule has 122 valence electrons. The zero-order chi connectivity index (χ0) is 15.8. The first-order chi connectivity index (χ1) is 9.15. The first-order valence-corrected chi connectivity index (χ1v) is 6.63. The summed E-state index contributed by atoms with van der Waals surface area (Å²) in [6.45, 7) is 12.5. The molecule has 0 spiro atoms. The molecule has 21 heavy (non-hydrogen) atoms. The van der Waals surface area contributed by atoms with Crippen LogP contribution in [0.15, 0.2) is 24.3 Å². The lowest BCUT2D eigenvalue weighted by molar-refractivity contribution is -0.890. The largest absolute Gasteiger partial charge is 1.00 e. The van der Waals surface area contributed by atoms with Crippen LogP contribution in [-0.4, -0.2) is 56.8 Å². The van der Waals surface area contributed by atoms with Gasteiger partial charge in [-0.25, -0.2) is 9.59 Å². The molecule has 0 atom stereocenters. The number of rotatable bonds is 9. The van der Waals surface area contributed by atoms with Crippen molar-refractivity contribution in [1.82, 2.24) is 0 Å². The third kappa shape index (κ3) is 11.0. The highest BCUT2D eigenvalue weighted by atomic mass is 35.5. The maximum absolute atomic E-state index is 11.2. The zero-order valence-electron chi connectivity index (χ0n) is 13.4. The van der Waals surface area contributed by atoms with Crippen LogP contribution in [0.2, 0.25) is 0 Å². The van der Waals surface area contributed by atoms with Crippen molar-refractivity contribution >= 4 is 11.9 Å². The van der Waals surface area contributed by atoms with E-state index in [4.69, 9.17) is 9.47 Å². The Bertz CT molecular complexity index is 391. The second kappa shape index (κ2) is 10.4. The average Bonchev–Trinajstić information content (AvgIpc) is 2.33. The summed E-state index contributed by atoms with van der Waals surface area (Å²) in [5.41, 5.74) is 0.812. The molecule has 0 aromatic rings. The van der Waals surface area contributed by atoms with E-state index in [1.165, 1.54) is 0 Å². The standard InChI is InChI=1S/C15H26NO4.ClH/c1-12(2)14(17)19-10-7-8-16(5,6)9-11-20-15(18)13(3)4;/h1,3,7-11H2,2,4-6H3;1H/q+1;/p-1. The molecule has 0 aliphatic rings. The normalized spacial score (nSPS) is 10.3. The third-order valence-electron chi connectivity index (χ3n) is 2.77. The van der Waals surface area contributed by atoms with Gasteiger partial charge in [-0.15, -0.1) is 0 Å². The Morgan fingerprint density at radius 3 is 1.76 bits per heavy atom. The first-order valence-electron chi connectivity index (χ1n) is 6.63. The number of hydrogen-bond donors (Lipinski definition) is 0. The Hall–Kier alpha value is -1.33. The Morgan fingerprint density at radius 2 is 1.33 bits per heavy atom. The number of hydrogen-bond acceptors (Lipinski definition) is 4. The van der Waals surface area contributed by atoms with Gasteiger partial charge in [-0.2, -0.15) is 0 Å². The minimum Gasteiger partial charge on any atom is -1.00 e. The highest BCUT2D eigenvalue weighted by Gasteiger charge is 2.16. The maximum atomic E-state index is 11.2. The van der Waals surface area contributed by atoms with Crippen molar-refractivity contribution in [3.8, 4) is 0 Å². The maximum Gasteiger partial charge on any atom is 0.333 e. The van der Waals surface area contributed by atoms with Crippen molar-refractivity contribution in [1.29, 1.82) is 0 Å². The Balaban J connectivity index is 0. The monoisotopic (exact) mass is 319 g/mol. The van der Waals surface area contributed by atoms with E-state index in [1.54, 1.807) is 13.8 Å². The zero-order valence-corrected chi connectivity index (χ0v) is 14.2. The molecular weight excluding hydrogens is 294 g/mol. The van der Waals surface area contributed by atoms with Crippen LogP contribution >= 0.6 is 0 Å².